The van der Waals surface area contributed by atoms with Gasteiger partial charge in [0, 0.05) is 11.5 Å². The molecule has 0 saturated heterocycles. The van der Waals surface area contributed by atoms with Crippen LogP contribution in [-0.2, 0) is 0 Å². The first kappa shape index (κ1) is 14.6. The van der Waals surface area contributed by atoms with E-state index >= 15 is 0 Å². The Morgan fingerprint density at radius 1 is 1.33 bits per heavy atom. The summed E-state index contributed by atoms with van der Waals surface area (Å²) in [7, 11) is 0. The second-order valence-corrected chi connectivity index (χ2v) is 4.75. The standard InChI is InChI=1S/C15H23NO2/c1-4-6-7-12(5-2)15(16-18)13-9-8-11(3)10-14(13)17/h8-10,12,17-18H,4-7H2,1-3H3. The second-order valence-electron chi connectivity index (χ2n) is 4.75. The van der Waals surface area contributed by atoms with E-state index in [9.17, 15) is 10.3 Å². The zero-order valence-corrected chi connectivity index (χ0v) is 11.5. The predicted molar refractivity (Wildman–Crippen MR) is 74.5 cm³/mol. The van der Waals surface area contributed by atoms with Gasteiger partial charge in [-0.3, -0.25) is 0 Å². The monoisotopic (exact) mass is 249 g/mol. The van der Waals surface area contributed by atoms with Crippen LogP contribution >= 0.6 is 0 Å². The van der Waals surface area contributed by atoms with Gasteiger partial charge in [0.1, 0.15) is 5.75 Å². The molecule has 0 aliphatic carbocycles. The summed E-state index contributed by atoms with van der Waals surface area (Å²) in [6.07, 6.45) is 4.12. The molecular weight excluding hydrogens is 226 g/mol. The zero-order chi connectivity index (χ0) is 13.5. The summed E-state index contributed by atoms with van der Waals surface area (Å²) in [6.45, 7) is 6.15. The van der Waals surface area contributed by atoms with Crippen molar-refractivity contribution in [3.8, 4) is 5.75 Å². The fourth-order valence-corrected chi connectivity index (χ4v) is 2.20. The van der Waals surface area contributed by atoms with E-state index in [1.165, 1.54) is 0 Å². The lowest BCUT2D eigenvalue weighted by Gasteiger charge is -2.17. The van der Waals surface area contributed by atoms with Crippen LogP contribution in [-0.4, -0.2) is 16.0 Å². The van der Waals surface area contributed by atoms with Crippen LogP contribution in [0.2, 0.25) is 0 Å². The first-order valence-corrected chi connectivity index (χ1v) is 6.65. The Morgan fingerprint density at radius 2 is 2.06 bits per heavy atom. The van der Waals surface area contributed by atoms with Crippen molar-refractivity contribution in [2.75, 3.05) is 0 Å². The molecule has 1 aromatic carbocycles. The third kappa shape index (κ3) is 3.49. The Labute approximate surface area is 109 Å². The smallest absolute Gasteiger partial charge is 0.125 e. The number of rotatable bonds is 6. The van der Waals surface area contributed by atoms with Crippen molar-refractivity contribution in [2.24, 2.45) is 11.1 Å². The van der Waals surface area contributed by atoms with Gasteiger partial charge in [-0.2, -0.15) is 0 Å². The van der Waals surface area contributed by atoms with Crippen molar-refractivity contribution < 1.29 is 10.3 Å². The molecule has 1 rings (SSSR count). The normalized spacial score (nSPS) is 13.6. The molecule has 0 amide bonds. The van der Waals surface area contributed by atoms with E-state index in [0.717, 1.165) is 31.2 Å². The summed E-state index contributed by atoms with van der Waals surface area (Å²) in [4.78, 5) is 0. The highest BCUT2D eigenvalue weighted by atomic mass is 16.4. The van der Waals surface area contributed by atoms with Crippen LogP contribution in [0.15, 0.2) is 23.4 Å². The summed E-state index contributed by atoms with van der Waals surface area (Å²) >= 11 is 0. The Morgan fingerprint density at radius 3 is 2.56 bits per heavy atom. The minimum Gasteiger partial charge on any atom is -0.507 e. The SMILES string of the molecule is CCCCC(CC)C(=NO)c1ccc(C)cc1O. The summed E-state index contributed by atoms with van der Waals surface area (Å²) in [5, 5.41) is 22.7. The number of benzene rings is 1. The molecule has 0 aliphatic heterocycles. The lowest BCUT2D eigenvalue weighted by Crippen LogP contribution is -2.15. The number of phenols is 1. The van der Waals surface area contributed by atoms with Crippen LogP contribution in [0.3, 0.4) is 0 Å². The van der Waals surface area contributed by atoms with E-state index < -0.39 is 0 Å². The summed E-state index contributed by atoms with van der Waals surface area (Å²) in [6, 6.07) is 5.45. The van der Waals surface area contributed by atoms with E-state index in [1.807, 2.05) is 19.1 Å². The van der Waals surface area contributed by atoms with Gasteiger partial charge in [0.2, 0.25) is 0 Å². The number of phenolic OH excluding ortho intramolecular Hbond substituents is 1. The van der Waals surface area contributed by atoms with E-state index in [4.69, 9.17) is 0 Å². The molecule has 0 radical (unpaired) electrons. The third-order valence-corrected chi connectivity index (χ3v) is 3.32. The molecule has 1 aromatic rings. The van der Waals surface area contributed by atoms with Crippen LogP contribution in [0.1, 0.15) is 50.7 Å². The summed E-state index contributed by atoms with van der Waals surface area (Å²) in [5.41, 5.74) is 2.24. The summed E-state index contributed by atoms with van der Waals surface area (Å²) < 4.78 is 0. The minimum atomic E-state index is 0.192. The van der Waals surface area contributed by atoms with Gasteiger partial charge in [-0.05, 0) is 37.5 Å². The highest BCUT2D eigenvalue weighted by Crippen LogP contribution is 2.26. The number of aryl methyl sites for hydroxylation is 1. The molecule has 0 aliphatic rings. The van der Waals surface area contributed by atoms with E-state index in [2.05, 4.69) is 19.0 Å². The molecule has 0 heterocycles. The van der Waals surface area contributed by atoms with E-state index in [0.29, 0.717) is 11.3 Å². The number of hydrogen-bond acceptors (Lipinski definition) is 3. The fraction of sp³-hybridized carbons (Fsp3) is 0.533. The zero-order valence-electron chi connectivity index (χ0n) is 11.5. The van der Waals surface area contributed by atoms with Gasteiger partial charge in [-0.1, -0.05) is 37.9 Å². The number of unbranched alkanes of at least 4 members (excludes halogenated alkanes) is 1. The molecule has 0 saturated carbocycles. The molecule has 0 spiro atoms. The molecule has 100 valence electrons. The van der Waals surface area contributed by atoms with Crippen molar-refractivity contribution in [1.82, 2.24) is 0 Å². The minimum absolute atomic E-state index is 0.192. The van der Waals surface area contributed by atoms with Gasteiger partial charge in [0.25, 0.3) is 0 Å². The van der Waals surface area contributed by atoms with Gasteiger partial charge < -0.3 is 10.3 Å². The number of aromatic hydroxyl groups is 1. The van der Waals surface area contributed by atoms with Crippen LogP contribution < -0.4 is 0 Å². The van der Waals surface area contributed by atoms with Crippen molar-refractivity contribution in [2.45, 2.75) is 46.5 Å². The molecule has 0 aromatic heterocycles. The molecule has 2 N–H and O–H groups in total. The van der Waals surface area contributed by atoms with Crippen molar-refractivity contribution in [1.29, 1.82) is 0 Å². The maximum atomic E-state index is 9.97. The lowest BCUT2D eigenvalue weighted by atomic mass is 9.89. The lowest BCUT2D eigenvalue weighted by molar-refractivity contribution is 0.313. The summed E-state index contributed by atoms with van der Waals surface area (Å²) in [5.74, 6) is 0.390. The second kappa shape index (κ2) is 7.04. The Bertz CT molecular complexity index is 413. The van der Waals surface area contributed by atoms with Gasteiger partial charge >= 0.3 is 0 Å². The molecular formula is C15H23NO2. The molecule has 0 bridgehead atoms. The largest absolute Gasteiger partial charge is 0.507 e. The molecule has 18 heavy (non-hydrogen) atoms. The van der Waals surface area contributed by atoms with Gasteiger partial charge in [0.15, 0.2) is 0 Å². The first-order chi connectivity index (χ1) is 8.63. The van der Waals surface area contributed by atoms with Crippen molar-refractivity contribution >= 4 is 5.71 Å². The van der Waals surface area contributed by atoms with Gasteiger partial charge in [-0.15, -0.1) is 0 Å². The van der Waals surface area contributed by atoms with Gasteiger partial charge in [-0.25, -0.2) is 0 Å². The molecule has 3 nitrogen and oxygen atoms in total. The van der Waals surface area contributed by atoms with E-state index in [-0.39, 0.29) is 11.7 Å². The van der Waals surface area contributed by atoms with E-state index in [1.54, 1.807) is 6.07 Å². The topological polar surface area (TPSA) is 52.8 Å². The Balaban J connectivity index is 3.01. The van der Waals surface area contributed by atoms with Crippen LogP contribution in [0.25, 0.3) is 0 Å². The molecule has 1 atom stereocenters. The number of oxime groups is 1. The maximum absolute atomic E-state index is 9.97. The van der Waals surface area contributed by atoms with Gasteiger partial charge in [0.05, 0.1) is 5.71 Å². The number of hydrogen-bond donors (Lipinski definition) is 2. The number of nitrogens with zero attached hydrogens (tertiary/aromatic N) is 1. The average molecular weight is 249 g/mol. The molecule has 3 heteroatoms. The average Bonchev–Trinajstić information content (AvgIpc) is 2.36. The predicted octanol–water partition coefficient (Wildman–Crippen LogP) is 4.10. The first-order valence-electron chi connectivity index (χ1n) is 6.65. The fourth-order valence-electron chi connectivity index (χ4n) is 2.20. The Hall–Kier alpha value is -1.51. The highest BCUT2D eigenvalue weighted by Gasteiger charge is 2.19. The highest BCUT2D eigenvalue weighted by molar-refractivity contribution is 6.04. The van der Waals surface area contributed by atoms with Crippen molar-refractivity contribution in [3.63, 3.8) is 0 Å². The maximum Gasteiger partial charge on any atom is 0.125 e. The third-order valence-electron chi connectivity index (χ3n) is 3.32. The van der Waals surface area contributed by atoms with Crippen molar-refractivity contribution in [3.05, 3.63) is 29.3 Å². The van der Waals surface area contributed by atoms with Crippen LogP contribution in [0, 0.1) is 12.8 Å². The van der Waals surface area contributed by atoms with Crippen LogP contribution in [0.4, 0.5) is 0 Å². The van der Waals surface area contributed by atoms with Crippen LogP contribution in [0.5, 0.6) is 5.75 Å². The Kier molecular flexibility index (Phi) is 5.69. The quantitative estimate of drug-likeness (QED) is 0.453. The molecule has 1 unspecified atom stereocenters. The molecule has 0 fully saturated rings.